The molecule has 0 unspecified atom stereocenters. The van der Waals surface area contributed by atoms with Crippen LogP contribution in [0.1, 0.15) is 6.42 Å². The van der Waals surface area contributed by atoms with Crippen LogP contribution >= 0.6 is 24.0 Å². The number of sulfonamides is 1. The van der Waals surface area contributed by atoms with E-state index in [-0.39, 0.29) is 12.4 Å². The third kappa shape index (κ3) is 3.21. The number of rotatable bonds is 2. The quantitative estimate of drug-likeness (QED) is 0.833. The van der Waals surface area contributed by atoms with Crippen LogP contribution in [0.15, 0.2) is 35.4 Å². The van der Waals surface area contributed by atoms with Crippen LogP contribution in [-0.2, 0) is 10.0 Å². The third-order valence-electron chi connectivity index (χ3n) is 3.63. The van der Waals surface area contributed by atoms with Gasteiger partial charge in [-0.05, 0) is 25.1 Å². The van der Waals surface area contributed by atoms with E-state index in [1.807, 2.05) is 0 Å². The molecule has 120 valence electrons. The maximum absolute atomic E-state index is 12.9. The van der Waals surface area contributed by atoms with E-state index in [2.05, 4.69) is 10.3 Å². The Kier molecular flexibility index (Phi) is 5.63. The highest BCUT2D eigenvalue weighted by molar-refractivity contribution is 7.89. The van der Waals surface area contributed by atoms with Crippen molar-refractivity contribution in [2.24, 2.45) is 0 Å². The molecule has 0 saturated carbocycles. The van der Waals surface area contributed by atoms with E-state index in [0.29, 0.717) is 40.5 Å². The van der Waals surface area contributed by atoms with Crippen LogP contribution in [0.25, 0.3) is 10.8 Å². The first-order valence-corrected chi connectivity index (χ1v) is 8.66. The summed E-state index contributed by atoms with van der Waals surface area (Å²) in [4.78, 5) is 4.30. The molecule has 0 aliphatic carbocycles. The summed E-state index contributed by atoms with van der Waals surface area (Å²) in [5.74, 6) is 0. The van der Waals surface area contributed by atoms with Crippen LogP contribution in [0, 0.1) is 0 Å². The molecule has 0 amide bonds. The fourth-order valence-corrected chi connectivity index (χ4v) is 4.47. The molecular formula is C14H17Cl2N3O2S. The molecule has 1 aliphatic rings. The van der Waals surface area contributed by atoms with Gasteiger partial charge in [-0.2, -0.15) is 4.31 Å². The molecule has 3 rings (SSSR count). The van der Waals surface area contributed by atoms with Gasteiger partial charge in [-0.25, -0.2) is 13.4 Å². The van der Waals surface area contributed by atoms with Crippen molar-refractivity contribution < 1.29 is 8.42 Å². The summed E-state index contributed by atoms with van der Waals surface area (Å²) >= 11 is 6.06. The summed E-state index contributed by atoms with van der Waals surface area (Å²) in [7, 11) is -3.52. The fraction of sp³-hybridized carbons (Fsp3) is 0.357. The number of halogens is 2. The Morgan fingerprint density at radius 3 is 2.77 bits per heavy atom. The van der Waals surface area contributed by atoms with Crippen molar-refractivity contribution in [1.82, 2.24) is 14.6 Å². The lowest BCUT2D eigenvalue weighted by Gasteiger charge is -2.20. The Labute approximate surface area is 141 Å². The second-order valence-corrected chi connectivity index (χ2v) is 7.23. The van der Waals surface area contributed by atoms with E-state index < -0.39 is 10.0 Å². The maximum Gasteiger partial charge on any atom is 0.243 e. The molecule has 0 radical (unpaired) electrons. The fourth-order valence-electron chi connectivity index (χ4n) is 2.57. The number of fused-ring (bicyclic) bond motifs is 1. The van der Waals surface area contributed by atoms with Crippen molar-refractivity contribution in [2.75, 3.05) is 26.2 Å². The Morgan fingerprint density at radius 2 is 1.95 bits per heavy atom. The lowest BCUT2D eigenvalue weighted by Crippen LogP contribution is -2.34. The summed E-state index contributed by atoms with van der Waals surface area (Å²) < 4.78 is 27.3. The van der Waals surface area contributed by atoms with Crippen LogP contribution in [0.4, 0.5) is 0 Å². The number of pyridine rings is 1. The number of hydrogen-bond acceptors (Lipinski definition) is 4. The number of aromatic nitrogens is 1. The second kappa shape index (κ2) is 7.10. The summed E-state index contributed by atoms with van der Waals surface area (Å²) in [6.45, 7) is 2.53. The van der Waals surface area contributed by atoms with Gasteiger partial charge in [0, 0.05) is 36.6 Å². The van der Waals surface area contributed by atoms with E-state index >= 15 is 0 Å². The zero-order valence-electron chi connectivity index (χ0n) is 11.8. The first-order valence-electron chi connectivity index (χ1n) is 6.85. The minimum atomic E-state index is -3.52. The van der Waals surface area contributed by atoms with Gasteiger partial charge in [0.05, 0.1) is 4.90 Å². The normalized spacial score (nSPS) is 17.0. The monoisotopic (exact) mass is 361 g/mol. The van der Waals surface area contributed by atoms with Gasteiger partial charge >= 0.3 is 0 Å². The summed E-state index contributed by atoms with van der Waals surface area (Å²) in [5, 5.41) is 4.81. The zero-order chi connectivity index (χ0) is 14.9. The predicted molar refractivity (Wildman–Crippen MR) is 90.2 cm³/mol. The maximum atomic E-state index is 12.9. The van der Waals surface area contributed by atoms with Crippen molar-refractivity contribution >= 4 is 44.8 Å². The number of hydrogen-bond donors (Lipinski definition) is 1. The van der Waals surface area contributed by atoms with Gasteiger partial charge in [0.1, 0.15) is 5.15 Å². The van der Waals surface area contributed by atoms with Crippen molar-refractivity contribution in [3.8, 4) is 0 Å². The molecule has 0 spiro atoms. The van der Waals surface area contributed by atoms with Gasteiger partial charge in [-0.1, -0.05) is 23.7 Å². The van der Waals surface area contributed by atoms with Crippen molar-refractivity contribution in [1.29, 1.82) is 0 Å². The molecular weight excluding hydrogens is 345 g/mol. The number of benzene rings is 1. The molecule has 8 heteroatoms. The van der Waals surface area contributed by atoms with Crippen LogP contribution in [-0.4, -0.2) is 43.9 Å². The minimum absolute atomic E-state index is 0. The van der Waals surface area contributed by atoms with E-state index in [9.17, 15) is 8.42 Å². The first kappa shape index (κ1) is 17.4. The molecule has 22 heavy (non-hydrogen) atoms. The molecule has 5 nitrogen and oxygen atoms in total. The van der Waals surface area contributed by atoms with Crippen molar-refractivity contribution in [2.45, 2.75) is 11.3 Å². The standard InChI is InChI=1S/C14H16ClN3O2S.ClH/c15-14-12-3-1-4-13(11(12)5-7-17-14)21(19,20)18-9-2-6-16-8-10-18;/h1,3-5,7,16H,2,6,8-10H2;1H. The lowest BCUT2D eigenvalue weighted by molar-refractivity contribution is 0.432. The molecule has 1 aromatic heterocycles. The summed E-state index contributed by atoms with van der Waals surface area (Å²) in [5.41, 5.74) is 0. The SMILES string of the molecule is Cl.O=S(=O)(c1cccc2c(Cl)nccc12)N1CCCNCC1. The molecule has 2 heterocycles. The van der Waals surface area contributed by atoms with E-state index in [1.165, 1.54) is 10.5 Å². The van der Waals surface area contributed by atoms with Crippen LogP contribution in [0.3, 0.4) is 0 Å². The smallest absolute Gasteiger partial charge is 0.243 e. The summed E-state index contributed by atoms with van der Waals surface area (Å²) in [6.07, 6.45) is 2.35. The average Bonchev–Trinajstić information content (AvgIpc) is 2.77. The minimum Gasteiger partial charge on any atom is -0.315 e. The molecule has 2 aromatic rings. The third-order valence-corrected chi connectivity index (χ3v) is 5.89. The Morgan fingerprint density at radius 1 is 1.14 bits per heavy atom. The Balaban J connectivity index is 0.00000176. The van der Waals surface area contributed by atoms with Gasteiger partial charge < -0.3 is 5.32 Å². The predicted octanol–water partition coefficient (Wildman–Crippen LogP) is 2.29. The highest BCUT2D eigenvalue weighted by Crippen LogP contribution is 2.29. The van der Waals surface area contributed by atoms with E-state index in [4.69, 9.17) is 11.6 Å². The van der Waals surface area contributed by atoms with Gasteiger partial charge in [0.25, 0.3) is 0 Å². The topological polar surface area (TPSA) is 62.3 Å². The second-order valence-electron chi connectivity index (χ2n) is 4.96. The Bertz CT molecular complexity index is 760. The molecule has 1 aliphatic heterocycles. The largest absolute Gasteiger partial charge is 0.315 e. The van der Waals surface area contributed by atoms with Crippen molar-refractivity contribution in [3.63, 3.8) is 0 Å². The van der Waals surface area contributed by atoms with Crippen molar-refractivity contribution in [3.05, 3.63) is 35.6 Å². The first-order chi connectivity index (χ1) is 10.1. The average molecular weight is 362 g/mol. The van der Waals surface area contributed by atoms with Gasteiger partial charge in [-0.15, -0.1) is 12.4 Å². The molecule has 1 N–H and O–H groups in total. The lowest BCUT2D eigenvalue weighted by atomic mass is 10.2. The molecule has 1 saturated heterocycles. The number of nitrogens with one attached hydrogen (secondary N) is 1. The van der Waals surface area contributed by atoms with Gasteiger partial charge in [0.2, 0.25) is 10.0 Å². The van der Waals surface area contributed by atoms with E-state index in [0.717, 1.165) is 13.0 Å². The highest BCUT2D eigenvalue weighted by atomic mass is 35.5. The summed E-state index contributed by atoms with van der Waals surface area (Å²) in [6, 6.07) is 6.82. The van der Waals surface area contributed by atoms with Crippen LogP contribution in [0.2, 0.25) is 5.15 Å². The highest BCUT2D eigenvalue weighted by Gasteiger charge is 2.26. The number of nitrogens with zero attached hydrogens (tertiary/aromatic N) is 2. The van der Waals surface area contributed by atoms with E-state index in [1.54, 1.807) is 24.3 Å². The van der Waals surface area contributed by atoms with Gasteiger partial charge in [0.15, 0.2) is 0 Å². The Hall–Kier alpha value is -0.920. The molecule has 1 aromatic carbocycles. The molecule has 0 bridgehead atoms. The molecule has 0 atom stereocenters. The van der Waals surface area contributed by atoms with Gasteiger partial charge in [-0.3, -0.25) is 0 Å². The zero-order valence-corrected chi connectivity index (χ0v) is 14.2. The van der Waals surface area contributed by atoms with Crippen LogP contribution in [0.5, 0.6) is 0 Å². The van der Waals surface area contributed by atoms with Crippen LogP contribution < -0.4 is 5.32 Å². The molecule has 1 fully saturated rings.